The molecule has 2 aromatic carbocycles. The Morgan fingerprint density at radius 1 is 0.960 bits per heavy atom. The van der Waals surface area contributed by atoms with Crippen LogP contribution in [0.15, 0.2) is 48.5 Å². The van der Waals surface area contributed by atoms with Crippen molar-refractivity contribution >= 4 is 41.1 Å². The minimum absolute atomic E-state index is 0.463. The van der Waals surface area contributed by atoms with E-state index in [2.05, 4.69) is 5.32 Å². The second-order valence-electron chi connectivity index (χ2n) is 5.48. The van der Waals surface area contributed by atoms with Gasteiger partial charge < -0.3 is 10.4 Å². The number of imide groups is 1. The first kappa shape index (κ1) is 17.3. The lowest BCUT2D eigenvalue weighted by atomic mass is 9.82. The summed E-state index contributed by atoms with van der Waals surface area (Å²) in [6.07, 6.45) is 0. The number of nitrogens with one attached hydrogen (secondary N) is 1. The SMILES string of the molecule is O=C(O)CN1C(=O)NC(c2ccc(Cl)cc2)(c2ccc(Cl)cc2)C1=O. The van der Waals surface area contributed by atoms with Crippen molar-refractivity contribution in [3.63, 3.8) is 0 Å². The molecule has 3 rings (SSSR count). The molecule has 25 heavy (non-hydrogen) atoms. The minimum atomic E-state index is -1.54. The van der Waals surface area contributed by atoms with Crippen molar-refractivity contribution in [2.24, 2.45) is 0 Å². The summed E-state index contributed by atoms with van der Waals surface area (Å²) in [6.45, 7) is -0.729. The third-order valence-electron chi connectivity index (χ3n) is 3.95. The average molecular weight is 379 g/mol. The molecule has 8 heteroatoms. The molecule has 0 spiro atoms. The Balaban J connectivity index is 2.18. The van der Waals surface area contributed by atoms with E-state index in [0.29, 0.717) is 26.1 Å². The fourth-order valence-electron chi connectivity index (χ4n) is 2.81. The van der Waals surface area contributed by atoms with Gasteiger partial charge in [-0.3, -0.25) is 14.5 Å². The summed E-state index contributed by atoms with van der Waals surface area (Å²) < 4.78 is 0. The maximum Gasteiger partial charge on any atom is 0.326 e. The monoisotopic (exact) mass is 378 g/mol. The molecule has 0 atom stereocenters. The molecule has 1 fully saturated rings. The third-order valence-corrected chi connectivity index (χ3v) is 4.46. The maximum atomic E-state index is 13.1. The molecule has 3 amide bonds. The number of rotatable bonds is 4. The molecule has 2 aromatic rings. The first-order chi connectivity index (χ1) is 11.8. The Morgan fingerprint density at radius 2 is 1.40 bits per heavy atom. The van der Waals surface area contributed by atoms with Gasteiger partial charge in [-0.2, -0.15) is 0 Å². The molecule has 1 saturated heterocycles. The van der Waals surface area contributed by atoms with Crippen molar-refractivity contribution in [3.8, 4) is 0 Å². The van der Waals surface area contributed by atoms with E-state index in [9.17, 15) is 14.4 Å². The molecule has 1 aliphatic heterocycles. The summed E-state index contributed by atoms with van der Waals surface area (Å²) in [5.74, 6) is -1.96. The lowest BCUT2D eigenvalue weighted by Gasteiger charge is -2.28. The van der Waals surface area contributed by atoms with E-state index in [1.54, 1.807) is 48.5 Å². The van der Waals surface area contributed by atoms with Crippen LogP contribution in [-0.2, 0) is 15.1 Å². The quantitative estimate of drug-likeness (QED) is 0.800. The van der Waals surface area contributed by atoms with Crippen LogP contribution in [0.2, 0.25) is 10.0 Å². The molecular weight excluding hydrogens is 367 g/mol. The van der Waals surface area contributed by atoms with Gasteiger partial charge in [-0.05, 0) is 35.4 Å². The zero-order valence-corrected chi connectivity index (χ0v) is 14.2. The van der Waals surface area contributed by atoms with Gasteiger partial charge in [0.1, 0.15) is 6.54 Å². The van der Waals surface area contributed by atoms with Gasteiger partial charge in [0.25, 0.3) is 5.91 Å². The second-order valence-corrected chi connectivity index (χ2v) is 6.35. The number of urea groups is 1. The molecule has 1 heterocycles. The predicted molar refractivity (Wildman–Crippen MR) is 91.6 cm³/mol. The fourth-order valence-corrected chi connectivity index (χ4v) is 3.06. The molecule has 128 valence electrons. The van der Waals surface area contributed by atoms with Crippen molar-refractivity contribution < 1.29 is 19.5 Å². The van der Waals surface area contributed by atoms with Crippen molar-refractivity contribution in [3.05, 3.63) is 69.7 Å². The third kappa shape index (κ3) is 2.94. The van der Waals surface area contributed by atoms with Crippen LogP contribution in [0, 0.1) is 0 Å². The highest BCUT2D eigenvalue weighted by Gasteiger charge is 2.54. The first-order valence-electron chi connectivity index (χ1n) is 7.22. The Hall–Kier alpha value is -2.57. The number of carbonyl (C=O) groups excluding carboxylic acids is 2. The molecule has 0 aliphatic carbocycles. The highest BCUT2D eigenvalue weighted by atomic mass is 35.5. The zero-order chi connectivity index (χ0) is 18.2. The molecule has 1 aliphatic rings. The summed E-state index contributed by atoms with van der Waals surface area (Å²) >= 11 is 11.8. The maximum absolute atomic E-state index is 13.1. The van der Waals surface area contributed by atoms with Crippen LogP contribution in [0.5, 0.6) is 0 Å². The summed E-state index contributed by atoms with van der Waals surface area (Å²) in [6, 6.07) is 12.0. The van der Waals surface area contributed by atoms with Crippen molar-refractivity contribution in [2.75, 3.05) is 6.54 Å². The van der Waals surface area contributed by atoms with Crippen LogP contribution in [-0.4, -0.2) is 34.5 Å². The standard InChI is InChI=1S/C17H12Cl2N2O4/c18-12-5-1-10(2-6-12)17(11-3-7-13(19)8-4-11)15(24)21(9-14(22)23)16(25)20-17/h1-8H,9H2,(H,20,25)(H,22,23). The Bertz CT molecular complexity index is 804. The molecule has 0 saturated carbocycles. The van der Waals surface area contributed by atoms with Gasteiger partial charge in [0, 0.05) is 10.0 Å². The number of carbonyl (C=O) groups is 3. The number of carboxylic acids is 1. The Kier molecular flexibility index (Phi) is 4.41. The number of carboxylic acid groups (broad SMARTS) is 1. The summed E-state index contributed by atoms with van der Waals surface area (Å²) in [7, 11) is 0. The number of hydrogen-bond acceptors (Lipinski definition) is 3. The minimum Gasteiger partial charge on any atom is -0.480 e. The van der Waals surface area contributed by atoms with Crippen molar-refractivity contribution in [2.45, 2.75) is 5.54 Å². The molecule has 0 unspecified atom stereocenters. The van der Waals surface area contributed by atoms with E-state index in [1.165, 1.54) is 0 Å². The number of halogens is 2. The van der Waals surface area contributed by atoms with Gasteiger partial charge in [-0.1, -0.05) is 47.5 Å². The highest BCUT2D eigenvalue weighted by molar-refractivity contribution is 6.31. The lowest BCUT2D eigenvalue weighted by Crippen LogP contribution is -2.45. The van der Waals surface area contributed by atoms with Crippen LogP contribution >= 0.6 is 23.2 Å². The van der Waals surface area contributed by atoms with Crippen LogP contribution in [0.25, 0.3) is 0 Å². The zero-order valence-electron chi connectivity index (χ0n) is 12.7. The summed E-state index contributed by atoms with van der Waals surface area (Å²) in [5.41, 5.74) is -0.613. The highest BCUT2D eigenvalue weighted by Crippen LogP contribution is 2.37. The van der Waals surface area contributed by atoms with Gasteiger partial charge in [0.2, 0.25) is 0 Å². The van der Waals surface area contributed by atoms with E-state index >= 15 is 0 Å². The van der Waals surface area contributed by atoms with Crippen LogP contribution in [0.1, 0.15) is 11.1 Å². The Labute approximate surface area is 153 Å². The topological polar surface area (TPSA) is 86.7 Å². The normalized spacial score (nSPS) is 16.0. The second kappa shape index (κ2) is 6.38. The first-order valence-corrected chi connectivity index (χ1v) is 7.98. The predicted octanol–water partition coefficient (Wildman–Crippen LogP) is 2.87. The number of nitrogens with zero attached hydrogens (tertiary/aromatic N) is 1. The van der Waals surface area contributed by atoms with Crippen molar-refractivity contribution in [1.82, 2.24) is 10.2 Å². The van der Waals surface area contributed by atoms with E-state index in [4.69, 9.17) is 28.3 Å². The van der Waals surface area contributed by atoms with Crippen LogP contribution in [0.4, 0.5) is 4.79 Å². The van der Waals surface area contributed by atoms with Gasteiger partial charge in [0.15, 0.2) is 5.54 Å². The Morgan fingerprint density at radius 3 is 1.80 bits per heavy atom. The number of amides is 3. The van der Waals surface area contributed by atoms with Crippen LogP contribution in [0.3, 0.4) is 0 Å². The molecular formula is C17H12Cl2N2O4. The summed E-state index contributed by atoms with van der Waals surface area (Å²) in [4.78, 5) is 37.0. The van der Waals surface area contributed by atoms with Crippen LogP contribution < -0.4 is 5.32 Å². The number of aliphatic carboxylic acids is 1. The van der Waals surface area contributed by atoms with E-state index in [-0.39, 0.29) is 0 Å². The molecule has 6 nitrogen and oxygen atoms in total. The number of hydrogen-bond donors (Lipinski definition) is 2. The van der Waals surface area contributed by atoms with Gasteiger partial charge in [-0.15, -0.1) is 0 Å². The van der Waals surface area contributed by atoms with Crippen molar-refractivity contribution in [1.29, 1.82) is 0 Å². The van der Waals surface area contributed by atoms with E-state index in [1.807, 2.05) is 0 Å². The smallest absolute Gasteiger partial charge is 0.326 e. The van der Waals surface area contributed by atoms with E-state index in [0.717, 1.165) is 0 Å². The van der Waals surface area contributed by atoms with Gasteiger partial charge >= 0.3 is 12.0 Å². The summed E-state index contributed by atoms with van der Waals surface area (Å²) in [5, 5.41) is 12.6. The van der Waals surface area contributed by atoms with Gasteiger partial charge in [0.05, 0.1) is 0 Å². The molecule has 0 radical (unpaired) electrons. The largest absolute Gasteiger partial charge is 0.480 e. The molecule has 2 N–H and O–H groups in total. The lowest BCUT2D eigenvalue weighted by molar-refractivity contribution is -0.142. The average Bonchev–Trinajstić information content (AvgIpc) is 2.81. The molecule has 0 bridgehead atoms. The van der Waals surface area contributed by atoms with Gasteiger partial charge in [-0.25, -0.2) is 4.79 Å². The molecule has 0 aromatic heterocycles. The van der Waals surface area contributed by atoms with E-state index < -0.39 is 30.0 Å². The fraction of sp³-hybridized carbons (Fsp3) is 0.118. The number of benzene rings is 2.